The maximum atomic E-state index is 3.00. The van der Waals surface area contributed by atoms with E-state index in [4.69, 9.17) is 0 Å². The Labute approximate surface area is 65.0 Å². The molecule has 2 nitrogen and oxygen atoms in total. The molecule has 0 aliphatic carbocycles. The van der Waals surface area contributed by atoms with Gasteiger partial charge in [0, 0.05) is 0 Å². The molecule has 0 aliphatic heterocycles. The largest absolute Gasteiger partial charge is 3.00 e. The molecule has 0 rings (SSSR count). The predicted octanol–water partition coefficient (Wildman–Crippen LogP) is 1.55. The third-order valence-corrected chi connectivity index (χ3v) is 0. The first-order valence-corrected chi connectivity index (χ1v) is 1.000. The number of hydrogen-bond acceptors (Lipinski definition) is 2. The maximum absolute atomic E-state index is 3.00. The Morgan fingerprint density at radius 2 is 0.571 bits per heavy atom. The molecular formula is C4H14BiN2+3. The molecule has 0 fully saturated rings. The van der Waals surface area contributed by atoms with Crippen molar-refractivity contribution < 1.29 is 0 Å². The van der Waals surface area contributed by atoms with Gasteiger partial charge in [0.15, 0.2) is 0 Å². The van der Waals surface area contributed by atoms with E-state index in [0.717, 1.165) is 0 Å². The molecule has 7 heavy (non-hydrogen) atoms. The predicted molar refractivity (Wildman–Crippen MR) is 38.3 cm³/mol. The fourth-order valence-electron chi connectivity index (χ4n) is 0. The molecule has 0 heterocycles. The molecule has 3 heteroatoms. The molecule has 0 amide bonds. The van der Waals surface area contributed by atoms with Crippen LogP contribution in [0.1, 0.15) is 0 Å². The summed E-state index contributed by atoms with van der Waals surface area (Å²) in [7, 11) is 0. The van der Waals surface area contributed by atoms with Crippen LogP contribution in [0.25, 0.3) is 0 Å². The topological polar surface area (TPSA) is 70.0 Å². The van der Waals surface area contributed by atoms with Gasteiger partial charge in [0.25, 0.3) is 0 Å². The summed E-state index contributed by atoms with van der Waals surface area (Å²) in [5, 5.41) is 0. The van der Waals surface area contributed by atoms with Gasteiger partial charge in [-0.2, -0.15) is 0 Å². The fourth-order valence-corrected chi connectivity index (χ4v) is 0. The van der Waals surface area contributed by atoms with Crippen LogP contribution in [0.5, 0.6) is 0 Å². The minimum atomic E-state index is 0. The van der Waals surface area contributed by atoms with E-state index in [0.29, 0.717) is 0 Å². The van der Waals surface area contributed by atoms with Crippen molar-refractivity contribution in [1.29, 1.82) is 0 Å². The summed E-state index contributed by atoms with van der Waals surface area (Å²) >= 11 is 0. The molecule has 0 bridgehead atoms. The Morgan fingerprint density at radius 3 is 0.571 bits per heavy atom. The summed E-state index contributed by atoms with van der Waals surface area (Å²) in [5.74, 6) is 0. The van der Waals surface area contributed by atoms with Crippen LogP contribution in [0.2, 0.25) is 0 Å². The second-order valence-electron chi connectivity index (χ2n) is 0. The van der Waals surface area contributed by atoms with Gasteiger partial charge in [-0.15, -0.1) is 26.3 Å². The molecule has 0 aromatic rings. The molecule has 0 saturated heterocycles. The summed E-state index contributed by atoms with van der Waals surface area (Å²) in [6.07, 6.45) is 0. The molecule has 6 N–H and O–H groups in total. The van der Waals surface area contributed by atoms with Crippen molar-refractivity contribution in [1.82, 2.24) is 12.3 Å². The third kappa shape index (κ3) is 1440. The molecule has 2 radical (unpaired) electrons. The van der Waals surface area contributed by atoms with Crippen molar-refractivity contribution in [3.05, 3.63) is 26.3 Å². The van der Waals surface area contributed by atoms with E-state index in [-0.39, 0.29) is 38.5 Å². The Balaban J connectivity index is -0.00000000267. The first kappa shape index (κ1) is 55.2. The molecule has 0 saturated carbocycles. The maximum Gasteiger partial charge on any atom is 3.00 e. The Hall–Kier alpha value is 0.283. The van der Waals surface area contributed by atoms with Crippen LogP contribution in [0.3, 0.4) is 0 Å². The third-order valence-electron chi connectivity index (χ3n) is 0. The van der Waals surface area contributed by atoms with Gasteiger partial charge in [-0.25, -0.2) is 0 Å². The summed E-state index contributed by atoms with van der Waals surface area (Å²) in [6, 6.07) is 0. The molecule has 0 atom stereocenters. The zero-order valence-corrected chi connectivity index (χ0v) is 8.17. The SMILES string of the molecule is C=C.C=C.N.N.[Bi+3]. The minimum Gasteiger partial charge on any atom is -0.344 e. The van der Waals surface area contributed by atoms with Crippen molar-refractivity contribution in [2.75, 3.05) is 0 Å². The average molecular weight is 299 g/mol. The zero-order valence-electron chi connectivity index (χ0n) is 4.69. The van der Waals surface area contributed by atoms with Gasteiger partial charge in [-0.1, -0.05) is 0 Å². The van der Waals surface area contributed by atoms with E-state index >= 15 is 0 Å². The Bertz CT molecular complexity index is 11.7. The Kier molecular flexibility index (Phi) is 17200. The number of rotatable bonds is 0. The molecule has 0 unspecified atom stereocenters. The monoisotopic (exact) mass is 299 g/mol. The zero-order chi connectivity index (χ0) is 4.00. The van der Waals surface area contributed by atoms with Crippen molar-refractivity contribution in [3.8, 4) is 0 Å². The van der Waals surface area contributed by atoms with Crippen LogP contribution in [0.4, 0.5) is 0 Å². The van der Waals surface area contributed by atoms with Crippen LogP contribution in [0.15, 0.2) is 26.3 Å². The second kappa shape index (κ2) is 2190. The van der Waals surface area contributed by atoms with Gasteiger partial charge < -0.3 is 12.3 Å². The fraction of sp³-hybridized carbons (Fsp3) is 0. The van der Waals surface area contributed by atoms with Crippen molar-refractivity contribution >= 4 is 26.2 Å². The van der Waals surface area contributed by atoms with Crippen LogP contribution < -0.4 is 12.3 Å². The van der Waals surface area contributed by atoms with Gasteiger partial charge in [0.05, 0.1) is 0 Å². The first-order valence-electron chi connectivity index (χ1n) is 1.000. The van der Waals surface area contributed by atoms with Crippen LogP contribution in [-0.4, -0.2) is 26.2 Å². The van der Waals surface area contributed by atoms with E-state index in [1.807, 2.05) is 0 Å². The second-order valence-corrected chi connectivity index (χ2v) is 0. The molecular weight excluding hydrogens is 285 g/mol. The van der Waals surface area contributed by atoms with Crippen molar-refractivity contribution in [2.45, 2.75) is 0 Å². The van der Waals surface area contributed by atoms with Crippen LogP contribution >= 0.6 is 0 Å². The van der Waals surface area contributed by atoms with Crippen LogP contribution in [-0.2, 0) is 0 Å². The molecule has 0 aromatic heterocycles. The van der Waals surface area contributed by atoms with Crippen molar-refractivity contribution in [3.63, 3.8) is 0 Å². The average Bonchev–Trinajstić information content (AvgIpc) is 1.50. The van der Waals surface area contributed by atoms with Gasteiger partial charge >= 0.3 is 26.2 Å². The van der Waals surface area contributed by atoms with E-state index < -0.39 is 0 Å². The normalized spacial score (nSPS) is 1.14. The molecule has 0 aliphatic rings. The van der Waals surface area contributed by atoms with E-state index in [2.05, 4.69) is 26.3 Å². The summed E-state index contributed by atoms with van der Waals surface area (Å²) in [6.45, 7) is 12.0. The summed E-state index contributed by atoms with van der Waals surface area (Å²) in [5.41, 5.74) is 0. The quantitative estimate of drug-likeness (QED) is 0.526. The van der Waals surface area contributed by atoms with Gasteiger partial charge in [0.1, 0.15) is 0 Å². The molecule has 0 spiro atoms. The summed E-state index contributed by atoms with van der Waals surface area (Å²) in [4.78, 5) is 0. The molecule has 42 valence electrons. The van der Waals surface area contributed by atoms with E-state index in [9.17, 15) is 0 Å². The first-order chi connectivity index (χ1) is 2.00. The van der Waals surface area contributed by atoms with Gasteiger partial charge in [-0.05, 0) is 0 Å². The van der Waals surface area contributed by atoms with E-state index in [1.165, 1.54) is 0 Å². The standard InChI is InChI=1S/2C2H4.Bi.2H3N/c2*1-2;;;/h2*1-2H2;;2*1H3/q;;+3;;. The Morgan fingerprint density at radius 1 is 0.571 bits per heavy atom. The minimum absolute atomic E-state index is 0. The van der Waals surface area contributed by atoms with E-state index in [1.54, 1.807) is 0 Å². The van der Waals surface area contributed by atoms with Crippen LogP contribution in [0, 0.1) is 0 Å². The summed E-state index contributed by atoms with van der Waals surface area (Å²) < 4.78 is 0. The molecule has 0 aromatic carbocycles. The van der Waals surface area contributed by atoms with Gasteiger partial charge in [0.2, 0.25) is 0 Å². The number of hydrogen-bond donors (Lipinski definition) is 2. The smallest absolute Gasteiger partial charge is 0.344 e. The van der Waals surface area contributed by atoms with Gasteiger partial charge in [-0.3, -0.25) is 0 Å². The van der Waals surface area contributed by atoms with Crippen molar-refractivity contribution in [2.24, 2.45) is 0 Å².